The van der Waals surface area contributed by atoms with Crippen LogP contribution in [0, 0.1) is 0 Å². The van der Waals surface area contributed by atoms with Gasteiger partial charge in [-0.15, -0.1) is 0 Å². The van der Waals surface area contributed by atoms with Crippen molar-refractivity contribution in [1.29, 1.82) is 0 Å². The molecule has 0 aliphatic rings. The lowest BCUT2D eigenvalue weighted by molar-refractivity contribution is -0.147. The number of esters is 1. The van der Waals surface area contributed by atoms with Crippen molar-refractivity contribution in [2.45, 2.75) is 115 Å². The van der Waals surface area contributed by atoms with E-state index in [4.69, 9.17) is 53.1 Å². The molecule has 0 aliphatic carbocycles. The minimum atomic E-state index is -5.28. The summed E-state index contributed by atoms with van der Waals surface area (Å²) < 4.78 is 285. The van der Waals surface area contributed by atoms with Crippen LogP contribution in [0.1, 0.15) is 157 Å². The van der Waals surface area contributed by atoms with E-state index in [1.807, 2.05) is 0 Å². The van der Waals surface area contributed by atoms with Crippen molar-refractivity contribution in [2.75, 3.05) is 13.2 Å². The first-order valence-corrected chi connectivity index (χ1v) is 6.34. The van der Waals surface area contributed by atoms with Crippen molar-refractivity contribution in [1.82, 2.24) is 0 Å². The van der Waals surface area contributed by atoms with Gasteiger partial charge in [-0.05, 0) is 6.37 Å². The maximum absolute atomic E-state index is 12.4. The number of aliphatic hydroxyl groups excluding tert-OH is 2. The topological polar surface area (TPSA) is 66.8 Å². The molecule has 4 nitrogen and oxygen atoms in total. The molecule has 0 heterocycles. The molecule has 0 radical (unpaired) electrons. The summed E-state index contributed by atoms with van der Waals surface area (Å²) in [5.41, 5.74) is 0. The summed E-state index contributed by atoms with van der Waals surface area (Å²) in [6.07, 6.45) is -82.1. The van der Waals surface area contributed by atoms with Crippen LogP contribution >= 0.6 is 0 Å². The van der Waals surface area contributed by atoms with E-state index < -0.39 is 134 Å². The van der Waals surface area contributed by atoms with E-state index in [1.165, 1.54) is 0 Å². The highest BCUT2D eigenvalue weighted by Gasteiger charge is 2.07. The Morgan fingerprint density at radius 2 is 1.32 bits per heavy atom. The lowest BCUT2D eigenvalue weighted by Crippen LogP contribution is -2.21. The minimum Gasteiger partial charge on any atom is -0.463 e. The lowest BCUT2D eigenvalue weighted by Gasteiger charge is -2.08. The van der Waals surface area contributed by atoms with Gasteiger partial charge < -0.3 is 14.9 Å². The molecule has 0 aromatic heterocycles. The van der Waals surface area contributed by atoms with Crippen molar-refractivity contribution in [3.05, 3.63) is 0 Å². The number of carbonyl (C=O) groups excluding carboxylic acids is 1. The fraction of sp³-hybridized carbons (Fsp3) is 0.952. The van der Waals surface area contributed by atoms with Crippen LogP contribution in [-0.2, 0) is 9.53 Å². The lowest BCUT2D eigenvalue weighted by atomic mass is 10.0. The highest BCUT2D eigenvalue weighted by molar-refractivity contribution is 5.69. The quantitative estimate of drug-likeness (QED) is 0.298. The van der Waals surface area contributed by atoms with Crippen LogP contribution in [-0.4, -0.2) is 35.5 Å². The van der Waals surface area contributed by atoms with Crippen LogP contribution in [0.25, 0.3) is 0 Å². The van der Waals surface area contributed by atoms with Crippen molar-refractivity contribution in [3.8, 4) is 0 Å². The number of ether oxygens (including phenoxy) is 1. The highest BCUT2D eigenvalue weighted by atomic mass is 16.5. The third-order valence-corrected chi connectivity index (χ3v) is 1.66. The molecular weight excluding hydrogens is 316 g/mol. The second-order valence-corrected chi connectivity index (χ2v) is 3.43. The normalized spacial score (nSPS) is 42.7. The van der Waals surface area contributed by atoms with Gasteiger partial charge in [0, 0.05) is 54.3 Å². The Hall–Kier alpha value is -0.610. The monoisotopic (exact) mass is 394 g/mol. The van der Waals surface area contributed by atoms with E-state index in [0.717, 1.165) is 0 Å². The van der Waals surface area contributed by atoms with Crippen LogP contribution < -0.4 is 0 Å². The van der Waals surface area contributed by atoms with Crippen LogP contribution in [0.3, 0.4) is 0 Å². The van der Waals surface area contributed by atoms with Crippen LogP contribution in [0.15, 0.2) is 0 Å². The predicted molar refractivity (Wildman–Crippen MR) is 104 cm³/mol. The standard InChI is InChI=1S/C21H42O4/c1-2-3-4-5-6-7-8-9-10-11-12-13-14-15-16-17-21(24)25-19-20(23)18-22/h20,22-23H,2-19H2,1H3/i1D3,2D2,3D2,4D2,5D2,6D2,7D2,8D2,9D2,10D2,11D2,12D2,13D2,14D2,15D2,16D2,17D2. The Balaban J connectivity index is 7.74. The van der Waals surface area contributed by atoms with Gasteiger partial charge in [0.1, 0.15) is 12.7 Å². The molecule has 25 heavy (non-hydrogen) atoms. The van der Waals surface area contributed by atoms with Gasteiger partial charge in [-0.3, -0.25) is 4.79 Å². The first-order chi connectivity index (χ1) is 25.4. The van der Waals surface area contributed by atoms with E-state index in [9.17, 15) is 9.90 Å². The fourth-order valence-corrected chi connectivity index (χ4v) is 0.749. The number of carbonyl (C=O) groups is 1. The molecule has 0 rings (SSSR count). The second kappa shape index (κ2) is 19.7. The molecule has 1 unspecified atom stereocenters. The first-order valence-electron chi connectivity index (χ1n) is 23.8. The zero-order chi connectivity index (χ0) is 49.8. The van der Waals surface area contributed by atoms with Gasteiger partial charge in [0.25, 0.3) is 0 Å². The van der Waals surface area contributed by atoms with Crippen molar-refractivity contribution < 1.29 is 67.7 Å². The summed E-state index contributed by atoms with van der Waals surface area (Å²) in [6.45, 7) is -6.55. The number of aliphatic hydroxyl groups is 2. The number of rotatable bonds is 19. The molecule has 0 aromatic rings. The Morgan fingerprint density at radius 3 is 1.76 bits per heavy atom. The maximum atomic E-state index is 12.4. The molecular formula is C21H42O4. The van der Waals surface area contributed by atoms with Gasteiger partial charge in [0.15, 0.2) is 0 Å². The molecule has 0 spiro atoms. The average molecular weight is 394 g/mol. The summed E-state index contributed by atoms with van der Waals surface area (Å²) in [6, 6.07) is 0. The molecule has 150 valence electrons. The van der Waals surface area contributed by atoms with Gasteiger partial charge in [-0.1, -0.05) is 96.1 Å². The molecule has 2 N–H and O–H groups in total. The summed E-state index contributed by atoms with van der Waals surface area (Å²) in [5, 5.41) is 18.2. The van der Waals surface area contributed by atoms with Gasteiger partial charge in [0.05, 0.1) is 6.61 Å². The number of hydrogen-bond donors (Lipinski definition) is 2. The minimum absolute atomic E-state index is 1.12. The fourth-order valence-electron chi connectivity index (χ4n) is 0.749. The number of hydrogen-bond acceptors (Lipinski definition) is 4. The Morgan fingerprint density at radius 1 is 0.880 bits per heavy atom. The maximum Gasteiger partial charge on any atom is 0.305 e. The van der Waals surface area contributed by atoms with E-state index >= 15 is 0 Å². The Kier molecular flexibility index (Phi) is 3.09. The largest absolute Gasteiger partial charge is 0.463 e. The van der Waals surface area contributed by atoms with Gasteiger partial charge in [-0.2, -0.15) is 0 Å². The molecule has 0 bridgehead atoms. The molecule has 0 saturated carbocycles. The SMILES string of the molecule is [2H]C([2H])([2H])C([2H])([2H])C([2H])([2H])C([2H])([2H])C([2H])([2H])C([2H])([2H])C([2H])([2H])C([2H])([2H])C([2H])([2H])C([2H])([2H])C([2H])([2H])C([2H])([2H])C([2H])([2H])C([2H])([2H])C([2H])([2H])C([2H])([2H])C([2H])([2H])C(=O)OCC(O)CO. The molecule has 0 amide bonds. The Labute approximate surface area is 204 Å². The predicted octanol–water partition coefficient (Wildman–Crippen LogP) is 5.14. The zero-order valence-corrected chi connectivity index (χ0v) is 12.7. The molecule has 0 aromatic carbocycles. The van der Waals surface area contributed by atoms with Crippen LogP contribution in [0.2, 0.25) is 0 Å². The third kappa shape index (κ3) is 19.6. The summed E-state index contributed by atoms with van der Waals surface area (Å²) in [4.78, 5) is 12.4. The Bertz CT molecular complexity index is 1560. The van der Waals surface area contributed by atoms with Crippen LogP contribution in [0.5, 0.6) is 0 Å². The van der Waals surface area contributed by atoms with E-state index in [0.29, 0.717) is 0 Å². The summed E-state index contributed by atoms with van der Waals surface area (Å²) in [7, 11) is 0. The van der Waals surface area contributed by atoms with E-state index in [2.05, 4.69) is 4.74 Å². The van der Waals surface area contributed by atoms with Gasteiger partial charge in [0.2, 0.25) is 0 Å². The third-order valence-electron chi connectivity index (χ3n) is 1.66. The second-order valence-electron chi connectivity index (χ2n) is 3.43. The van der Waals surface area contributed by atoms with E-state index in [1.54, 1.807) is 0 Å². The van der Waals surface area contributed by atoms with Crippen molar-refractivity contribution in [3.63, 3.8) is 0 Å². The molecule has 4 heteroatoms. The van der Waals surface area contributed by atoms with Crippen molar-refractivity contribution >= 4 is 5.97 Å². The highest BCUT2D eigenvalue weighted by Crippen LogP contribution is 2.13. The summed E-state index contributed by atoms with van der Waals surface area (Å²) in [5.74, 6) is -2.43. The zero-order valence-electron chi connectivity index (χ0n) is 47.7. The van der Waals surface area contributed by atoms with Gasteiger partial charge in [-0.25, -0.2) is 0 Å². The molecule has 0 aliphatic heterocycles. The first kappa shape index (κ1) is 3.91. The van der Waals surface area contributed by atoms with Gasteiger partial charge >= 0.3 is 5.97 Å². The average Bonchev–Trinajstić information content (AvgIpc) is 3.04. The van der Waals surface area contributed by atoms with Crippen LogP contribution in [0.4, 0.5) is 0 Å². The molecule has 1 atom stereocenters. The van der Waals surface area contributed by atoms with E-state index in [-0.39, 0.29) is 0 Å². The molecule has 0 fully saturated rings. The van der Waals surface area contributed by atoms with Crippen molar-refractivity contribution in [2.24, 2.45) is 0 Å². The summed E-state index contributed by atoms with van der Waals surface area (Å²) >= 11 is 0. The molecule has 0 saturated heterocycles. The smallest absolute Gasteiger partial charge is 0.305 e.